The molecule has 2 atom stereocenters. The fourth-order valence-electron chi connectivity index (χ4n) is 3.57. The van der Waals surface area contributed by atoms with E-state index in [0.717, 1.165) is 24.3 Å². The zero-order valence-electron chi connectivity index (χ0n) is 14.8. The first kappa shape index (κ1) is 20.2. The van der Waals surface area contributed by atoms with Crippen LogP contribution in [0.1, 0.15) is 36.0 Å². The molecule has 0 unspecified atom stereocenters. The third kappa shape index (κ3) is 3.86. The molecule has 1 aliphatic rings. The zero-order chi connectivity index (χ0) is 20.7. The number of hydrogen-bond donors (Lipinski definition) is 0. The second-order valence-electron chi connectivity index (χ2n) is 6.77. The fraction of sp³-hybridized carbons (Fsp3) is 0.350. The minimum Gasteiger partial charge on any atom is -0.312 e. The Morgan fingerprint density at radius 2 is 1.50 bits per heavy atom. The third-order valence-electron chi connectivity index (χ3n) is 5.00. The minimum atomic E-state index is -4.55. The molecule has 0 aromatic heterocycles. The first-order valence-electron chi connectivity index (χ1n) is 8.68. The van der Waals surface area contributed by atoms with Crippen molar-refractivity contribution in [3.8, 4) is 0 Å². The molecule has 1 amide bonds. The van der Waals surface area contributed by atoms with Crippen molar-refractivity contribution >= 4 is 11.6 Å². The summed E-state index contributed by atoms with van der Waals surface area (Å²) in [6.45, 7) is 1.95. The Balaban J connectivity index is 1.97. The number of benzene rings is 2. The van der Waals surface area contributed by atoms with Crippen LogP contribution >= 0.6 is 0 Å². The quantitative estimate of drug-likeness (QED) is 0.588. The van der Waals surface area contributed by atoms with E-state index in [1.807, 2.05) is 0 Å². The molecule has 2 aromatic carbocycles. The van der Waals surface area contributed by atoms with Crippen molar-refractivity contribution in [2.75, 3.05) is 11.4 Å². The van der Waals surface area contributed by atoms with Gasteiger partial charge >= 0.3 is 12.4 Å². The fourth-order valence-corrected chi connectivity index (χ4v) is 3.57. The first-order chi connectivity index (χ1) is 13.0. The van der Waals surface area contributed by atoms with Gasteiger partial charge in [0.2, 0.25) is 5.91 Å². The van der Waals surface area contributed by atoms with E-state index in [9.17, 15) is 31.1 Å². The average molecular weight is 401 g/mol. The van der Waals surface area contributed by atoms with Gasteiger partial charge in [-0.15, -0.1) is 0 Å². The third-order valence-corrected chi connectivity index (χ3v) is 5.00. The lowest BCUT2D eigenvalue weighted by molar-refractivity contribution is -0.138. The summed E-state index contributed by atoms with van der Waals surface area (Å²) >= 11 is 0. The van der Waals surface area contributed by atoms with Crippen LogP contribution in [0.4, 0.5) is 32.0 Å². The van der Waals surface area contributed by atoms with Gasteiger partial charge in [-0.25, -0.2) is 0 Å². The Bertz CT molecular complexity index is 873. The Morgan fingerprint density at radius 3 is 2.07 bits per heavy atom. The van der Waals surface area contributed by atoms with Gasteiger partial charge in [-0.2, -0.15) is 26.3 Å². The average Bonchev–Trinajstić information content (AvgIpc) is 2.97. The van der Waals surface area contributed by atoms with E-state index in [1.54, 1.807) is 6.92 Å². The SMILES string of the molecule is CC[C@H]1CN(c2cccc(C(F)(F)F)c2)C(=O)[C@H]1c1cccc(C(F)(F)F)c1. The Morgan fingerprint density at radius 1 is 0.929 bits per heavy atom. The van der Waals surface area contributed by atoms with Gasteiger partial charge in [0, 0.05) is 12.2 Å². The molecule has 1 fully saturated rings. The highest BCUT2D eigenvalue weighted by Gasteiger charge is 2.42. The Hall–Kier alpha value is -2.51. The molecule has 0 saturated carbocycles. The predicted octanol–water partition coefficient (Wildman–Crippen LogP) is 5.88. The van der Waals surface area contributed by atoms with Crippen molar-refractivity contribution < 1.29 is 31.1 Å². The van der Waals surface area contributed by atoms with Crippen LogP contribution in [0.3, 0.4) is 0 Å². The number of hydrogen-bond acceptors (Lipinski definition) is 1. The lowest BCUT2D eigenvalue weighted by Crippen LogP contribution is -2.26. The van der Waals surface area contributed by atoms with E-state index in [4.69, 9.17) is 0 Å². The van der Waals surface area contributed by atoms with E-state index in [0.29, 0.717) is 6.42 Å². The maximum atomic E-state index is 13.0. The van der Waals surface area contributed by atoms with E-state index in [1.165, 1.54) is 29.2 Å². The Kier molecular flexibility index (Phi) is 5.16. The van der Waals surface area contributed by atoms with Crippen molar-refractivity contribution in [3.63, 3.8) is 0 Å². The second kappa shape index (κ2) is 7.14. The number of rotatable bonds is 3. The van der Waals surface area contributed by atoms with E-state index >= 15 is 0 Å². The number of anilines is 1. The minimum absolute atomic E-state index is 0.0905. The topological polar surface area (TPSA) is 20.3 Å². The number of carbonyl (C=O) groups excluding carboxylic acids is 1. The van der Waals surface area contributed by atoms with Gasteiger partial charge in [-0.3, -0.25) is 4.79 Å². The maximum absolute atomic E-state index is 13.0. The van der Waals surface area contributed by atoms with Crippen molar-refractivity contribution in [1.29, 1.82) is 0 Å². The van der Waals surface area contributed by atoms with Crippen molar-refractivity contribution in [2.45, 2.75) is 31.6 Å². The lowest BCUT2D eigenvalue weighted by atomic mass is 9.86. The summed E-state index contributed by atoms with van der Waals surface area (Å²) in [6, 6.07) is 8.97. The van der Waals surface area contributed by atoms with Gasteiger partial charge < -0.3 is 4.90 Å². The zero-order valence-corrected chi connectivity index (χ0v) is 14.8. The lowest BCUT2D eigenvalue weighted by Gasteiger charge is -2.19. The number of halogens is 6. The molecule has 28 heavy (non-hydrogen) atoms. The molecule has 1 heterocycles. The van der Waals surface area contributed by atoms with Crippen LogP contribution in [0.25, 0.3) is 0 Å². The summed E-state index contributed by atoms with van der Waals surface area (Å²) < 4.78 is 78.0. The van der Waals surface area contributed by atoms with Crippen LogP contribution in [0.2, 0.25) is 0 Å². The summed E-state index contributed by atoms with van der Waals surface area (Å²) in [7, 11) is 0. The molecule has 2 aromatic rings. The van der Waals surface area contributed by atoms with E-state index in [-0.39, 0.29) is 23.7 Å². The highest BCUT2D eigenvalue weighted by atomic mass is 19.4. The standard InChI is InChI=1S/C20H17F6NO/c1-2-12-11-27(16-8-4-7-15(10-16)20(24,25)26)18(28)17(12)13-5-3-6-14(9-13)19(21,22)23/h3-10,12,17H,2,11H2,1H3/t12-,17+/m0/s1. The molecule has 0 spiro atoms. The van der Waals surface area contributed by atoms with E-state index in [2.05, 4.69) is 0 Å². The molecule has 1 aliphatic heterocycles. The molecule has 0 radical (unpaired) electrons. The maximum Gasteiger partial charge on any atom is 0.416 e. The van der Waals surface area contributed by atoms with Gasteiger partial charge in [-0.05, 0) is 35.7 Å². The number of alkyl halides is 6. The molecule has 0 bridgehead atoms. The highest BCUT2D eigenvalue weighted by Crippen LogP contribution is 2.41. The van der Waals surface area contributed by atoms with Gasteiger partial charge in [0.1, 0.15) is 0 Å². The molecule has 0 aliphatic carbocycles. The predicted molar refractivity (Wildman–Crippen MR) is 91.8 cm³/mol. The summed E-state index contributed by atoms with van der Waals surface area (Å²) in [6.07, 6.45) is -8.59. The largest absolute Gasteiger partial charge is 0.416 e. The molecule has 150 valence electrons. The van der Waals surface area contributed by atoms with Crippen LogP contribution in [0, 0.1) is 5.92 Å². The van der Waals surface area contributed by atoms with Crippen LogP contribution in [0.5, 0.6) is 0 Å². The monoisotopic (exact) mass is 401 g/mol. The van der Waals surface area contributed by atoms with Gasteiger partial charge in [0.15, 0.2) is 0 Å². The molecular formula is C20H17F6NO. The van der Waals surface area contributed by atoms with Crippen LogP contribution < -0.4 is 4.90 Å². The second-order valence-corrected chi connectivity index (χ2v) is 6.77. The number of amides is 1. The molecule has 0 N–H and O–H groups in total. The van der Waals surface area contributed by atoms with Crippen molar-refractivity contribution in [1.82, 2.24) is 0 Å². The van der Waals surface area contributed by atoms with E-state index < -0.39 is 35.3 Å². The van der Waals surface area contributed by atoms with Crippen LogP contribution in [0.15, 0.2) is 48.5 Å². The summed E-state index contributed by atoms with van der Waals surface area (Å²) in [5, 5.41) is 0. The normalized spacial score (nSPS) is 20.7. The molecule has 3 rings (SSSR count). The smallest absolute Gasteiger partial charge is 0.312 e. The molecule has 2 nitrogen and oxygen atoms in total. The van der Waals surface area contributed by atoms with Crippen LogP contribution in [-0.2, 0) is 17.1 Å². The van der Waals surface area contributed by atoms with Gasteiger partial charge in [0.25, 0.3) is 0 Å². The van der Waals surface area contributed by atoms with Crippen LogP contribution in [-0.4, -0.2) is 12.5 Å². The van der Waals surface area contributed by atoms with Crippen molar-refractivity contribution in [3.05, 3.63) is 65.2 Å². The highest BCUT2D eigenvalue weighted by molar-refractivity contribution is 6.00. The van der Waals surface area contributed by atoms with Crippen molar-refractivity contribution in [2.24, 2.45) is 5.92 Å². The Labute approximate surface area is 157 Å². The molecule has 8 heteroatoms. The molecule has 1 saturated heterocycles. The summed E-state index contributed by atoms with van der Waals surface area (Å²) in [4.78, 5) is 14.2. The number of carbonyl (C=O) groups is 1. The summed E-state index contributed by atoms with van der Waals surface area (Å²) in [5.74, 6) is -1.63. The van der Waals surface area contributed by atoms with Gasteiger partial charge in [-0.1, -0.05) is 37.6 Å². The number of nitrogens with zero attached hydrogens (tertiary/aromatic N) is 1. The van der Waals surface area contributed by atoms with Gasteiger partial charge in [0.05, 0.1) is 17.0 Å². The summed E-state index contributed by atoms with van der Waals surface area (Å²) in [5.41, 5.74) is -1.42. The first-order valence-corrected chi connectivity index (χ1v) is 8.68. The molecular weight excluding hydrogens is 384 g/mol.